The zero-order valence-electron chi connectivity index (χ0n) is 10.8. The summed E-state index contributed by atoms with van der Waals surface area (Å²) in [5.41, 5.74) is 0.944. The predicted octanol–water partition coefficient (Wildman–Crippen LogP) is 4.98. The third-order valence-electron chi connectivity index (χ3n) is 3.66. The molecule has 2 rings (SSSR count). The molecule has 0 saturated heterocycles. The summed E-state index contributed by atoms with van der Waals surface area (Å²) < 4.78 is 0.865. The van der Waals surface area contributed by atoms with Gasteiger partial charge in [0.2, 0.25) is 0 Å². The van der Waals surface area contributed by atoms with Gasteiger partial charge in [0.25, 0.3) is 0 Å². The molecule has 1 saturated carbocycles. The number of hydrogen-bond acceptors (Lipinski definition) is 2. The molecule has 0 radical (unpaired) electrons. The van der Waals surface area contributed by atoms with Gasteiger partial charge in [-0.3, -0.25) is 5.32 Å². The molecule has 1 aromatic rings. The van der Waals surface area contributed by atoms with Gasteiger partial charge in [0.15, 0.2) is 0 Å². The second kappa shape index (κ2) is 7.28. The van der Waals surface area contributed by atoms with Crippen molar-refractivity contribution in [3.8, 4) is 6.07 Å². The molecular weight excluding hydrogens is 324 g/mol. The highest BCUT2D eigenvalue weighted by Gasteiger charge is 2.18. The van der Waals surface area contributed by atoms with Crippen LogP contribution in [0, 0.1) is 11.3 Å². The average Bonchev–Trinajstić information content (AvgIpc) is 2.68. The average molecular weight is 342 g/mol. The van der Waals surface area contributed by atoms with Crippen molar-refractivity contribution in [1.82, 2.24) is 5.32 Å². The Balaban J connectivity index is 2.06. The van der Waals surface area contributed by atoms with E-state index < -0.39 is 0 Å². The van der Waals surface area contributed by atoms with Crippen LogP contribution < -0.4 is 5.32 Å². The summed E-state index contributed by atoms with van der Waals surface area (Å²) in [7, 11) is 0. The van der Waals surface area contributed by atoms with E-state index in [0.29, 0.717) is 11.1 Å². The smallest absolute Gasteiger partial charge is 0.121 e. The van der Waals surface area contributed by atoms with Gasteiger partial charge < -0.3 is 0 Å². The molecule has 1 aromatic carbocycles. The molecule has 19 heavy (non-hydrogen) atoms. The Hall–Kier alpha value is -0.560. The molecule has 4 heteroatoms. The standard InChI is InChI=1S/C15H18BrClN2/c16-13-8-7-11(9-14(13)17)15(10-18)19-12-5-3-1-2-4-6-12/h7-9,12,15,19H,1-6H2. The monoisotopic (exact) mass is 340 g/mol. The Morgan fingerprint density at radius 3 is 2.53 bits per heavy atom. The van der Waals surface area contributed by atoms with Crippen molar-refractivity contribution >= 4 is 27.5 Å². The van der Waals surface area contributed by atoms with Gasteiger partial charge in [-0.05, 0) is 46.5 Å². The highest BCUT2D eigenvalue weighted by molar-refractivity contribution is 9.10. The van der Waals surface area contributed by atoms with Crippen LogP contribution in [0.25, 0.3) is 0 Å². The van der Waals surface area contributed by atoms with E-state index in [1.54, 1.807) is 0 Å². The van der Waals surface area contributed by atoms with Crippen LogP contribution in [0.15, 0.2) is 22.7 Å². The normalized spacial score (nSPS) is 18.6. The lowest BCUT2D eigenvalue weighted by Crippen LogP contribution is -2.31. The fourth-order valence-corrected chi connectivity index (χ4v) is 3.02. The first-order valence-corrected chi connectivity index (χ1v) is 7.98. The lowest BCUT2D eigenvalue weighted by atomic mass is 10.0. The number of nitrogens with one attached hydrogen (secondary N) is 1. The van der Waals surface area contributed by atoms with Crippen LogP contribution in [0.4, 0.5) is 0 Å². The lowest BCUT2D eigenvalue weighted by Gasteiger charge is -2.20. The maximum absolute atomic E-state index is 9.37. The molecule has 0 spiro atoms. The predicted molar refractivity (Wildman–Crippen MR) is 82.1 cm³/mol. The number of nitrogens with zero attached hydrogens (tertiary/aromatic N) is 1. The maximum atomic E-state index is 9.37. The van der Waals surface area contributed by atoms with E-state index in [4.69, 9.17) is 11.6 Å². The SMILES string of the molecule is N#CC(NC1CCCCCC1)c1ccc(Br)c(Cl)c1. The van der Waals surface area contributed by atoms with E-state index in [1.165, 1.54) is 38.5 Å². The molecule has 0 aromatic heterocycles. The van der Waals surface area contributed by atoms with Crippen molar-refractivity contribution in [2.45, 2.75) is 50.6 Å². The molecule has 1 unspecified atom stereocenters. The topological polar surface area (TPSA) is 35.8 Å². The largest absolute Gasteiger partial charge is 0.295 e. The summed E-state index contributed by atoms with van der Waals surface area (Å²) in [5.74, 6) is 0. The van der Waals surface area contributed by atoms with Gasteiger partial charge >= 0.3 is 0 Å². The van der Waals surface area contributed by atoms with Crippen LogP contribution in [-0.4, -0.2) is 6.04 Å². The third-order valence-corrected chi connectivity index (χ3v) is 4.90. The molecule has 2 nitrogen and oxygen atoms in total. The van der Waals surface area contributed by atoms with Gasteiger partial charge in [0.05, 0.1) is 11.1 Å². The summed E-state index contributed by atoms with van der Waals surface area (Å²) in [4.78, 5) is 0. The first kappa shape index (κ1) is 14.8. The summed E-state index contributed by atoms with van der Waals surface area (Å²) in [6.45, 7) is 0. The van der Waals surface area contributed by atoms with Crippen molar-refractivity contribution in [2.24, 2.45) is 0 Å². The zero-order valence-corrected chi connectivity index (χ0v) is 13.2. The third kappa shape index (κ3) is 4.21. The van der Waals surface area contributed by atoms with Crippen molar-refractivity contribution in [3.05, 3.63) is 33.3 Å². The van der Waals surface area contributed by atoms with Crippen LogP contribution in [0.1, 0.15) is 50.1 Å². The Kier molecular flexibility index (Phi) is 5.69. The second-order valence-corrected chi connectivity index (χ2v) is 6.35. The summed E-state index contributed by atoms with van der Waals surface area (Å²) in [6, 6.07) is 8.25. The first-order chi connectivity index (χ1) is 9.20. The maximum Gasteiger partial charge on any atom is 0.121 e. The zero-order chi connectivity index (χ0) is 13.7. The van der Waals surface area contributed by atoms with E-state index in [-0.39, 0.29) is 6.04 Å². The van der Waals surface area contributed by atoms with Crippen LogP contribution in [0.5, 0.6) is 0 Å². The Morgan fingerprint density at radius 1 is 1.26 bits per heavy atom. The summed E-state index contributed by atoms with van der Waals surface area (Å²) in [5, 5.41) is 13.5. The fraction of sp³-hybridized carbons (Fsp3) is 0.533. The van der Waals surface area contributed by atoms with Crippen molar-refractivity contribution in [2.75, 3.05) is 0 Å². The van der Waals surface area contributed by atoms with Crippen LogP contribution in [0.2, 0.25) is 5.02 Å². The quantitative estimate of drug-likeness (QED) is 0.787. The fourth-order valence-electron chi connectivity index (χ4n) is 2.58. The van der Waals surface area contributed by atoms with Gasteiger partial charge in [-0.15, -0.1) is 0 Å². The van der Waals surface area contributed by atoms with Crippen LogP contribution in [0.3, 0.4) is 0 Å². The second-order valence-electron chi connectivity index (χ2n) is 5.09. The van der Waals surface area contributed by atoms with Crippen molar-refractivity contribution in [3.63, 3.8) is 0 Å². The molecule has 1 fully saturated rings. The minimum atomic E-state index is -0.270. The molecule has 0 aliphatic heterocycles. The highest BCUT2D eigenvalue weighted by Crippen LogP contribution is 2.27. The minimum absolute atomic E-state index is 0.270. The van der Waals surface area contributed by atoms with Gasteiger partial charge in [0, 0.05) is 10.5 Å². The molecule has 1 aliphatic rings. The Morgan fingerprint density at radius 2 is 1.95 bits per heavy atom. The molecule has 0 heterocycles. The summed E-state index contributed by atoms with van der Waals surface area (Å²) >= 11 is 9.47. The summed E-state index contributed by atoms with van der Waals surface area (Å²) in [6.07, 6.45) is 7.50. The lowest BCUT2D eigenvalue weighted by molar-refractivity contribution is 0.436. The van der Waals surface area contributed by atoms with E-state index in [1.807, 2.05) is 18.2 Å². The number of hydrogen-bond donors (Lipinski definition) is 1. The number of benzene rings is 1. The minimum Gasteiger partial charge on any atom is -0.295 e. The highest BCUT2D eigenvalue weighted by atomic mass is 79.9. The van der Waals surface area contributed by atoms with E-state index in [2.05, 4.69) is 27.3 Å². The van der Waals surface area contributed by atoms with Gasteiger partial charge in [-0.2, -0.15) is 5.26 Å². The van der Waals surface area contributed by atoms with Gasteiger partial charge in [0.1, 0.15) is 6.04 Å². The Bertz CT molecular complexity index is 462. The van der Waals surface area contributed by atoms with E-state index in [0.717, 1.165) is 10.0 Å². The molecule has 0 bridgehead atoms. The van der Waals surface area contributed by atoms with Gasteiger partial charge in [-0.25, -0.2) is 0 Å². The molecule has 102 valence electrons. The van der Waals surface area contributed by atoms with Crippen LogP contribution >= 0.6 is 27.5 Å². The number of rotatable bonds is 3. The first-order valence-electron chi connectivity index (χ1n) is 6.81. The van der Waals surface area contributed by atoms with Gasteiger partial charge in [-0.1, -0.05) is 43.4 Å². The van der Waals surface area contributed by atoms with E-state index in [9.17, 15) is 5.26 Å². The molecule has 0 amide bonds. The molecule has 1 aliphatic carbocycles. The van der Waals surface area contributed by atoms with Crippen LogP contribution in [-0.2, 0) is 0 Å². The van der Waals surface area contributed by atoms with E-state index >= 15 is 0 Å². The number of nitriles is 1. The number of halogens is 2. The Labute approximate surface area is 128 Å². The molecule has 1 N–H and O–H groups in total. The molecular formula is C15H18BrClN2. The van der Waals surface area contributed by atoms with Crippen molar-refractivity contribution in [1.29, 1.82) is 5.26 Å². The van der Waals surface area contributed by atoms with Crippen molar-refractivity contribution < 1.29 is 0 Å². The molecule has 1 atom stereocenters.